The number of piperidine rings is 1. The van der Waals surface area contributed by atoms with Crippen LogP contribution in [0.2, 0.25) is 5.02 Å². The summed E-state index contributed by atoms with van der Waals surface area (Å²) in [6, 6.07) is 11.6. The van der Waals surface area contributed by atoms with Gasteiger partial charge in [-0.1, -0.05) is 30.7 Å². The number of carbonyl (C=O) groups excluding carboxylic acids is 1. The number of carbonyl (C=O) groups is 1. The fraction of sp³-hybridized carbons (Fsp3) is 0.308. The van der Waals surface area contributed by atoms with Gasteiger partial charge < -0.3 is 15.4 Å². The van der Waals surface area contributed by atoms with Crippen molar-refractivity contribution >= 4 is 34.4 Å². The van der Waals surface area contributed by atoms with Crippen molar-refractivity contribution in [2.24, 2.45) is 0 Å². The molecule has 2 aromatic carbocycles. The van der Waals surface area contributed by atoms with E-state index in [1.807, 2.05) is 22.6 Å². The minimum absolute atomic E-state index is 0.0239. The Labute approximate surface area is 212 Å². The number of nitrogen functional groups attached to an aromatic ring is 1. The topological polar surface area (TPSA) is 99.2 Å². The zero-order valence-electron chi connectivity index (χ0n) is 19.8. The molecule has 1 aliphatic heterocycles. The highest BCUT2D eigenvalue weighted by Crippen LogP contribution is 2.37. The van der Waals surface area contributed by atoms with Gasteiger partial charge in [-0.25, -0.2) is 19.0 Å². The first-order valence-corrected chi connectivity index (χ1v) is 12.3. The lowest BCUT2D eigenvalue weighted by molar-refractivity contribution is -0.132. The standard InChI is InChI=1S/C26H26ClFN6O2/c1-2-22(35)33-10-4-7-19(13-33)34-26-23(25(29)30-15-31-26)24(32-34)17-8-9-21(20(27)12-17)36-14-16-5-3-6-18(28)11-16/h3,5-6,8-9,11-12,15,19H,2,4,7,10,13-14H2,1H3,(H2,29,30,31)/t19-/m1/s1. The number of ether oxygens (including phenoxy) is 1. The predicted octanol–water partition coefficient (Wildman–Crippen LogP) is 5.02. The van der Waals surface area contributed by atoms with Crippen LogP contribution in [0.25, 0.3) is 22.3 Å². The highest BCUT2D eigenvalue weighted by atomic mass is 35.5. The molecule has 5 rings (SSSR count). The van der Waals surface area contributed by atoms with Crippen LogP contribution in [0.3, 0.4) is 0 Å². The molecule has 0 saturated carbocycles. The second kappa shape index (κ2) is 10.1. The van der Waals surface area contributed by atoms with E-state index < -0.39 is 0 Å². The van der Waals surface area contributed by atoms with Crippen molar-refractivity contribution in [1.29, 1.82) is 0 Å². The second-order valence-electron chi connectivity index (χ2n) is 8.80. The fourth-order valence-electron chi connectivity index (χ4n) is 4.61. The molecule has 3 heterocycles. The van der Waals surface area contributed by atoms with E-state index in [-0.39, 0.29) is 24.4 Å². The number of amides is 1. The molecule has 4 aromatic rings. The average Bonchev–Trinajstić information content (AvgIpc) is 3.29. The lowest BCUT2D eigenvalue weighted by atomic mass is 10.1. The van der Waals surface area contributed by atoms with Gasteiger partial charge in [-0.05, 0) is 48.7 Å². The van der Waals surface area contributed by atoms with E-state index >= 15 is 0 Å². The first-order valence-electron chi connectivity index (χ1n) is 11.9. The number of fused-ring (bicyclic) bond motifs is 1. The van der Waals surface area contributed by atoms with E-state index in [1.54, 1.807) is 24.3 Å². The van der Waals surface area contributed by atoms with Crippen LogP contribution < -0.4 is 10.5 Å². The van der Waals surface area contributed by atoms with E-state index in [0.717, 1.165) is 24.9 Å². The van der Waals surface area contributed by atoms with Crippen LogP contribution in [0.15, 0.2) is 48.8 Å². The van der Waals surface area contributed by atoms with Crippen LogP contribution >= 0.6 is 11.6 Å². The van der Waals surface area contributed by atoms with E-state index in [1.165, 1.54) is 18.5 Å². The predicted molar refractivity (Wildman–Crippen MR) is 136 cm³/mol. The van der Waals surface area contributed by atoms with Crippen molar-refractivity contribution in [3.8, 4) is 17.0 Å². The number of nitrogens with two attached hydrogens (primary N) is 1. The first-order chi connectivity index (χ1) is 17.4. The molecule has 0 unspecified atom stereocenters. The van der Waals surface area contributed by atoms with Gasteiger partial charge in [0.25, 0.3) is 0 Å². The Hall–Kier alpha value is -3.72. The number of aromatic nitrogens is 4. The summed E-state index contributed by atoms with van der Waals surface area (Å²) in [6.07, 6.45) is 3.66. The number of benzene rings is 2. The summed E-state index contributed by atoms with van der Waals surface area (Å²) < 4.78 is 21.1. The SMILES string of the molecule is CCC(=O)N1CCC[C@@H](n2nc(-c3ccc(OCc4cccc(F)c4)c(Cl)c3)c3c(N)ncnc32)C1. The summed E-state index contributed by atoms with van der Waals surface area (Å²) in [6.45, 7) is 3.37. The van der Waals surface area contributed by atoms with E-state index in [4.69, 9.17) is 27.2 Å². The van der Waals surface area contributed by atoms with E-state index in [9.17, 15) is 9.18 Å². The van der Waals surface area contributed by atoms with E-state index in [0.29, 0.717) is 51.8 Å². The van der Waals surface area contributed by atoms with Crippen molar-refractivity contribution in [3.63, 3.8) is 0 Å². The molecule has 1 saturated heterocycles. The molecule has 36 heavy (non-hydrogen) atoms. The maximum absolute atomic E-state index is 13.5. The zero-order chi connectivity index (χ0) is 25.2. The second-order valence-corrected chi connectivity index (χ2v) is 9.21. The molecule has 1 amide bonds. The van der Waals surface area contributed by atoms with Gasteiger partial charge in [0, 0.05) is 25.1 Å². The Bertz CT molecular complexity index is 1430. The highest BCUT2D eigenvalue weighted by Gasteiger charge is 2.28. The van der Waals surface area contributed by atoms with Gasteiger partial charge >= 0.3 is 0 Å². The van der Waals surface area contributed by atoms with Crippen LogP contribution in [0, 0.1) is 5.82 Å². The van der Waals surface area contributed by atoms with Gasteiger partial charge in [-0.2, -0.15) is 5.10 Å². The van der Waals surface area contributed by atoms with Crippen LogP contribution in [0.4, 0.5) is 10.2 Å². The molecule has 0 aliphatic carbocycles. The van der Waals surface area contributed by atoms with Gasteiger partial charge in [-0.15, -0.1) is 0 Å². The van der Waals surface area contributed by atoms with Crippen LogP contribution in [-0.2, 0) is 11.4 Å². The molecule has 1 fully saturated rings. The Morgan fingerprint density at radius 3 is 2.89 bits per heavy atom. The number of nitrogens with zero attached hydrogens (tertiary/aromatic N) is 5. The van der Waals surface area contributed by atoms with Gasteiger partial charge in [0.1, 0.15) is 36.0 Å². The van der Waals surface area contributed by atoms with E-state index in [2.05, 4.69) is 9.97 Å². The maximum Gasteiger partial charge on any atom is 0.222 e. The first kappa shape index (κ1) is 24.0. The van der Waals surface area contributed by atoms with Gasteiger partial charge in [0.05, 0.1) is 16.5 Å². The van der Waals surface area contributed by atoms with Crippen molar-refractivity contribution in [2.45, 2.75) is 38.8 Å². The molecule has 0 spiro atoms. The monoisotopic (exact) mass is 508 g/mol. The summed E-state index contributed by atoms with van der Waals surface area (Å²) in [4.78, 5) is 22.9. The summed E-state index contributed by atoms with van der Waals surface area (Å²) in [7, 11) is 0. The maximum atomic E-state index is 13.5. The number of anilines is 1. The third kappa shape index (κ3) is 4.70. The fourth-order valence-corrected chi connectivity index (χ4v) is 4.84. The van der Waals surface area contributed by atoms with Gasteiger partial charge in [0.2, 0.25) is 5.91 Å². The van der Waals surface area contributed by atoms with Gasteiger partial charge in [0.15, 0.2) is 5.65 Å². The van der Waals surface area contributed by atoms with Gasteiger partial charge in [-0.3, -0.25) is 4.79 Å². The number of likely N-dealkylation sites (tertiary alicyclic amines) is 1. The van der Waals surface area contributed by atoms with Crippen molar-refractivity contribution in [1.82, 2.24) is 24.6 Å². The number of hydrogen-bond acceptors (Lipinski definition) is 6. The lowest BCUT2D eigenvalue weighted by Crippen LogP contribution is -2.40. The molecule has 0 radical (unpaired) electrons. The normalized spacial score (nSPS) is 15.9. The van der Waals surface area contributed by atoms with Crippen molar-refractivity contribution in [3.05, 3.63) is 65.2 Å². The molecule has 2 N–H and O–H groups in total. The molecule has 1 aliphatic rings. The number of rotatable bonds is 6. The molecule has 0 bridgehead atoms. The zero-order valence-corrected chi connectivity index (χ0v) is 20.6. The summed E-state index contributed by atoms with van der Waals surface area (Å²) in [5, 5.41) is 5.92. The molecule has 8 nitrogen and oxygen atoms in total. The van der Waals surface area contributed by atoms with Crippen LogP contribution in [0.5, 0.6) is 5.75 Å². The Morgan fingerprint density at radius 2 is 2.11 bits per heavy atom. The smallest absolute Gasteiger partial charge is 0.222 e. The van der Waals surface area contributed by atoms with Crippen molar-refractivity contribution in [2.75, 3.05) is 18.8 Å². The quantitative estimate of drug-likeness (QED) is 0.392. The molecule has 1 atom stereocenters. The Morgan fingerprint density at radius 1 is 1.25 bits per heavy atom. The average molecular weight is 509 g/mol. The number of hydrogen-bond donors (Lipinski definition) is 1. The number of halogens is 2. The highest BCUT2D eigenvalue weighted by molar-refractivity contribution is 6.32. The summed E-state index contributed by atoms with van der Waals surface area (Å²) in [5.41, 5.74) is 8.94. The van der Waals surface area contributed by atoms with Crippen LogP contribution in [0.1, 0.15) is 37.8 Å². The summed E-state index contributed by atoms with van der Waals surface area (Å²) >= 11 is 6.55. The molecule has 2 aromatic heterocycles. The Balaban J connectivity index is 1.46. The lowest BCUT2D eigenvalue weighted by Gasteiger charge is -2.32. The molecule has 186 valence electrons. The minimum atomic E-state index is -0.319. The molecular formula is C26H26ClFN6O2. The minimum Gasteiger partial charge on any atom is -0.487 e. The van der Waals surface area contributed by atoms with Crippen molar-refractivity contribution < 1.29 is 13.9 Å². The Kier molecular flexibility index (Phi) is 6.73. The largest absolute Gasteiger partial charge is 0.487 e. The third-order valence-electron chi connectivity index (χ3n) is 6.40. The molecular weight excluding hydrogens is 483 g/mol. The third-order valence-corrected chi connectivity index (χ3v) is 6.70. The van der Waals surface area contributed by atoms with Crippen LogP contribution in [-0.4, -0.2) is 43.6 Å². The molecule has 10 heteroatoms. The summed E-state index contributed by atoms with van der Waals surface area (Å²) in [5.74, 6) is 0.603.